The van der Waals surface area contributed by atoms with Crippen LogP contribution in [0, 0.1) is 6.92 Å². The van der Waals surface area contributed by atoms with Crippen molar-refractivity contribution >= 4 is 17.5 Å². The standard InChI is InChI=1S/C12H16ClNO3/c1-9-7-10(3-4-11(9)13)17-8-12(15)14-5-6-16-2/h3-4,7H,5-6,8H2,1-2H3,(H,14,15). The Morgan fingerprint density at radius 2 is 2.24 bits per heavy atom. The molecule has 5 heteroatoms. The number of carbonyl (C=O) groups excluding carboxylic acids is 1. The number of ether oxygens (including phenoxy) is 2. The smallest absolute Gasteiger partial charge is 0.258 e. The molecule has 0 saturated heterocycles. The van der Waals surface area contributed by atoms with Gasteiger partial charge in [-0.3, -0.25) is 4.79 Å². The van der Waals surface area contributed by atoms with Crippen LogP contribution < -0.4 is 10.1 Å². The lowest BCUT2D eigenvalue weighted by Crippen LogP contribution is -2.31. The summed E-state index contributed by atoms with van der Waals surface area (Å²) in [4.78, 5) is 11.3. The van der Waals surface area contributed by atoms with Gasteiger partial charge in [-0.25, -0.2) is 0 Å². The van der Waals surface area contributed by atoms with E-state index < -0.39 is 0 Å². The van der Waals surface area contributed by atoms with Crippen LogP contribution in [-0.2, 0) is 9.53 Å². The fourth-order valence-corrected chi connectivity index (χ4v) is 1.32. The molecule has 1 amide bonds. The largest absolute Gasteiger partial charge is 0.484 e. The first kappa shape index (κ1) is 13.8. The lowest BCUT2D eigenvalue weighted by molar-refractivity contribution is -0.123. The van der Waals surface area contributed by atoms with Gasteiger partial charge in [-0.1, -0.05) is 11.6 Å². The summed E-state index contributed by atoms with van der Waals surface area (Å²) in [6.45, 7) is 2.85. The Morgan fingerprint density at radius 1 is 1.47 bits per heavy atom. The van der Waals surface area contributed by atoms with Gasteiger partial charge in [-0.05, 0) is 30.7 Å². The van der Waals surface area contributed by atoms with Crippen LogP contribution in [0.2, 0.25) is 5.02 Å². The number of amides is 1. The Labute approximate surface area is 106 Å². The van der Waals surface area contributed by atoms with E-state index in [-0.39, 0.29) is 12.5 Å². The second-order valence-corrected chi connectivity index (χ2v) is 3.95. The molecule has 1 rings (SSSR count). The topological polar surface area (TPSA) is 47.6 Å². The third-order valence-electron chi connectivity index (χ3n) is 2.13. The average molecular weight is 258 g/mol. The molecule has 0 aromatic heterocycles. The van der Waals surface area contributed by atoms with Crippen LogP contribution in [0.1, 0.15) is 5.56 Å². The predicted molar refractivity (Wildman–Crippen MR) is 66.6 cm³/mol. The van der Waals surface area contributed by atoms with Crippen molar-refractivity contribution in [1.29, 1.82) is 0 Å². The van der Waals surface area contributed by atoms with Gasteiger partial charge in [-0.15, -0.1) is 0 Å². The van der Waals surface area contributed by atoms with Crippen LogP contribution >= 0.6 is 11.6 Å². The number of carbonyl (C=O) groups is 1. The van der Waals surface area contributed by atoms with Crippen LogP contribution in [-0.4, -0.2) is 32.8 Å². The zero-order chi connectivity index (χ0) is 12.7. The predicted octanol–water partition coefficient (Wildman–Crippen LogP) is 1.79. The van der Waals surface area contributed by atoms with Crippen molar-refractivity contribution in [2.45, 2.75) is 6.92 Å². The van der Waals surface area contributed by atoms with E-state index in [1.807, 2.05) is 6.92 Å². The monoisotopic (exact) mass is 257 g/mol. The summed E-state index contributed by atoms with van der Waals surface area (Å²) in [7, 11) is 1.58. The van der Waals surface area contributed by atoms with E-state index in [9.17, 15) is 4.79 Å². The maximum absolute atomic E-state index is 11.3. The highest BCUT2D eigenvalue weighted by molar-refractivity contribution is 6.31. The maximum Gasteiger partial charge on any atom is 0.258 e. The summed E-state index contributed by atoms with van der Waals surface area (Å²) in [5.74, 6) is 0.462. The molecular weight excluding hydrogens is 242 g/mol. The van der Waals surface area contributed by atoms with Crippen molar-refractivity contribution in [1.82, 2.24) is 5.32 Å². The Balaban J connectivity index is 2.34. The molecule has 0 fully saturated rings. The molecule has 94 valence electrons. The Morgan fingerprint density at radius 3 is 2.88 bits per heavy atom. The van der Waals surface area contributed by atoms with E-state index in [0.717, 1.165) is 5.56 Å². The number of nitrogens with one attached hydrogen (secondary N) is 1. The van der Waals surface area contributed by atoms with Gasteiger partial charge in [0, 0.05) is 18.7 Å². The van der Waals surface area contributed by atoms with Gasteiger partial charge in [0.2, 0.25) is 0 Å². The van der Waals surface area contributed by atoms with Crippen LogP contribution in [0.15, 0.2) is 18.2 Å². The summed E-state index contributed by atoms with van der Waals surface area (Å²) in [6, 6.07) is 5.28. The maximum atomic E-state index is 11.3. The van der Waals surface area contributed by atoms with Crippen LogP contribution in [0.5, 0.6) is 5.75 Å². The molecule has 0 aliphatic heterocycles. The van der Waals surface area contributed by atoms with Gasteiger partial charge in [0.15, 0.2) is 6.61 Å². The van der Waals surface area contributed by atoms with E-state index in [0.29, 0.717) is 23.9 Å². The SMILES string of the molecule is COCCNC(=O)COc1ccc(Cl)c(C)c1. The quantitative estimate of drug-likeness (QED) is 0.791. The zero-order valence-electron chi connectivity index (χ0n) is 9.96. The molecule has 0 saturated carbocycles. The van der Waals surface area contributed by atoms with Gasteiger partial charge < -0.3 is 14.8 Å². The molecule has 0 aliphatic rings. The molecule has 17 heavy (non-hydrogen) atoms. The van der Waals surface area contributed by atoms with Crippen molar-refractivity contribution in [3.63, 3.8) is 0 Å². The first-order valence-electron chi connectivity index (χ1n) is 5.28. The van der Waals surface area contributed by atoms with Gasteiger partial charge in [-0.2, -0.15) is 0 Å². The van der Waals surface area contributed by atoms with E-state index in [4.69, 9.17) is 21.1 Å². The Kier molecular flexibility index (Phi) is 5.80. The minimum Gasteiger partial charge on any atom is -0.484 e. The van der Waals surface area contributed by atoms with E-state index in [1.54, 1.807) is 25.3 Å². The molecule has 0 bridgehead atoms. The van der Waals surface area contributed by atoms with Gasteiger partial charge in [0.05, 0.1) is 6.61 Å². The number of halogens is 1. The molecule has 0 spiro atoms. The molecule has 0 radical (unpaired) electrons. The zero-order valence-corrected chi connectivity index (χ0v) is 10.7. The van der Waals surface area contributed by atoms with Crippen molar-refractivity contribution < 1.29 is 14.3 Å². The van der Waals surface area contributed by atoms with Crippen LogP contribution in [0.3, 0.4) is 0 Å². The molecule has 4 nitrogen and oxygen atoms in total. The number of benzene rings is 1. The van der Waals surface area contributed by atoms with E-state index >= 15 is 0 Å². The fourth-order valence-electron chi connectivity index (χ4n) is 1.20. The summed E-state index contributed by atoms with van der Waals surface area (Å²) in [5, 5.41) is 3.35. The molecule has 0 heterocycles. The highest BCUT2D eigenvalue weighted by Gasteiger charge is 2.03. The van der Waals surface area contributed by atoms with Crippen molar-refractivity contribution in [3.8, 4) is 5.75 Å². The molecule has 1 N–H and O–H groups in total. The fraction of sp³-hybridized carbons (Fsp3) is 0.417. The first-order chi connectivity index (χ1) is 8.13. The van der Waals surface area contributed by atoms with E-state index in [2.05, 4.69) is 5.32 Å². The molecule has 1 aromatic rings. The number of hydrogen-bond donors (Lipinski definition) is 1. The normalized spacial score (nSPS) is 10.1. The lowest BCUT2D eigenvalue weighted by Gasteiger charge is -2.08. The summed E-state index contributed by atoms with van der Waals surface area (Å²) in [5.41, 5.74) is 0.920. The van der Waals surface area contributed by atoms with Gasteiger partial charge in [0.25, 0.3) is 5.91 Å². The average Bonchev–Trinajstić information content (AvgIpc) is 2.31. The molecular formula is C12H16ClNO3. The van der Waals surface area contributed by atoms with Crippen molar-refractivity contribution in [2.75, 3.05) is 26.9 Å². The Hall–Kier alpha value is -1.26. The number of aryl methyl sites for hydroxylation is 1. The van der Waals surface area contributed by atoms with E-state index in [1.165, 1.54) is 0 Å². The number of rotatable bonds is 6. The third-order valence-corrected chi connectivity index (χ3v) is 2.55. The van der Waals surface area contributed by atoms with Gasteiger partial charge in [0.1, 0.15) is 5.75 Å². The van der Waals surface area contributed by atoms with Crippen LogP contribution in [0.25, 0.3) is 0 Å². The molecule has 0 unspecified atom stereocenters. The van der Waals surface area contributed by atoms with Gasteiger partial charge >= 0.3 is 0 Å². The third kappa shape index (κ3) is 5.06. The number of methoxy groups -OCH3 is 1. The molecule has 0 aliphatic carbocycles. The first-order valence-corrected chi connectivity index (χ1v) is 5.66. The van der Waals surface area contributed by atoms with Crippen molar-refractivity contribution in [2.24, 2.45) is 0 Å². The Bertz CT molecular complexity index is 382. The number of hydrogen-bond acceptors (Lipinski definition) is 3. The second-order valence-electron chi connectivity index (χ2n) is 3.54. The van der Waals surface area contributed by atoms with Crippen LogP contribution in [0.4, 0.5) is 0 Å². The van der Waals surface area contributed by atoms with Crippen molar-refractivity contribution in [3.05, 3.63) is 28.8 Å². The second kappa shape index (κ2) is 7.14. The summed E-state index contributed by atoms with van der Waals surface area (Å²) < 4.78 is 10.1. The minimum absolute atomic E-state index is 0.00914. The molecule has 1 aromatic carbocycles. The highest BCUT2D eigenvalue weighted by atomic mass is 35.5. The summed E-state index contributed by atoms with van der Waals surface area (Å²) >= 11 is 5.88. The highest BCUT2D eigenvalue weighted by Crippen LogP contribution is 2.20. The molecule has 0 atom stereocenters. The lowest BCUT2D eigenvalue weighted by atomic mass is 10.2. The summed E-state index contributed by atoms with van der Waals surface area (Å²) in [6.07, 6.45) is 0. The minimum atomic E-state index is -0.172.